The molecule has 1 aliphatic heterocycles. The first kappa shape index (κ1) is 22.1. The number of carbonyl (C=O) groups excluding carboxylic acids is 2. The Morgan fingerprint density at radius 1 is 1.07 bits per heavy atom. The molecule has 0 bridgehead atoms. The van der Waals surface area contributed by atoms with Gasteiger partial charge in [0.25, 0.3) is 5.91 Å². The maximum absolute atomic E-state index is 12.3. The quantitative estimate of drug-likeness (QED) is 0.695. The summed E-state index contributed by atoms with van der Waals surface area (Å²) in [5.74, 6) is 0.645. The molecule has 1 atom stereocenters. The van der Waals surface area contributed by atoms with Crippen molar-refractivity contribution in [3.05, 3.63) is 59.5 Å². The molecular formula is C24H33N3O3. The van der Waals surface area contributed by atoms with Gasteiger partial charge < -0.3 is 15.1 Å². The molecule has 6 nitrogen and oxygen atoms in total. The summed E-state index contributed by atoms with van der Waals surface area (Å²) in [7, 11) is 0. The van der Waals surface area contributed by atoms with Crippen LogP contribution in [0.15, 0.2) is 47.1 Å². The third kappa shape index (κ3) is 5.95. The van der Waals surface area contributed by atoms with Gasteiger partial charge in [-0.15, -0.1) is 0 Å². The minimum absolute atomic E-state index is 0.0513. The van der Waals surface area contributed by atoms with E-state index in [0.29, 0.717) is 18.7 Å². The van der Waals surface area contributed by atoms with Gasteiger partial charge in [-0.1, -0.05) is 32.9 Å². The Bertz CT molecular complexity index is 816. The van der Waals surface area contributed by atoms with Crippen LogP contribution in [0.25, 0.3) is 0 Å². The lowest BCUT2D eigenvalue weighted by Crippen LogP contribution is -2.37. The number of carbonyl (C=O) groups is 2. The fourth-order valence-corrected chi connectivity index (χ4v) is 3.76. The predicted molar refractivity (Wildman–Crippen MR) is 117 cm³/mol. The minimum Gasteiger partial charge on any atom is -0.468 e. The first-order valence-corrected chi connectivity index (χ1v) is 10.8. The molecule has 2 amide bonds. The minimum atomic E-state index is -0.159. The average Bonchev–Trinajstić information content (AvgIpc) is 3.42. The molecule has 30 heavy (non-hydrogen) atoms. The molecule has 1 saturated heterocycles. The monoisotopic (exact) mass is 411 g/mol. The van der Waals surface area contributed by atoms with Gasteiger partial charge in [0.1, 0.15) is 5.76 Å². The highest BCUT2D eigenvalue weighted by atomic mass is 16.3. The van der Waals surface area contributed by atoms with Gasteiger partial charge in [0.15, 0.2) is 0 Å². The second-order valence-corrected chi connectivity index (χ2v) is 8.91. The van der Waals surface area contributed by atoms with Crippen molar-refractivity contribution in [1.29, 1.82) is 0 Å². The summed E-state index contributed by atoms with van der Waals surface area (Å²) in [4.78, 5) is 27.0. The van der Waals surface area contributed by atoms with Gasteiger partial charge in [-0.05, 0) is 61.2 Å². The van der Waals surface area contributed by atoms with Crippen molar-refractivity contribution in [2.45, 2.75) is 51.5 Å². The average molecular weight is 412 g/mol. The van der Waals surface area contributed by atoms with Crippen molar-refractivity contribution in [2.24, 2.45) is 0 Å². The standard InChI is InChI=1S/C24H33N3O3/c1-24(2,3)19-10-8-18(9-11-19)23(29)25-13-12-22(28)26-17-20(21-7-6-16-30-21)27-14-4-5-15-27/h6-11,16,20H,4-5,12-15,17H2,1-3H3,(H,25,29)(H,26,28)/t20-/m1/s1. The van der Waals surface area contributed by atoms with E-state index in [0.717, 1.165) is 18.8 Å². The lowest BCUT2D eigenvalue weighted by molar-refractivity contribution is -0.121. The summed E-state index contributed by atoms with van der Waals surface area (Å²) in [6.07, 6.45) is 4.27. The van der Waals surface area contributed by atoms with Crippen LogP contribution in [0, 0.1) is 0 Å². The molecule has 2 aromatic rings. The van der Waals surface area contributed by atoms with E-state index < -0.39 is 0 Å². The lowest BCUT2D eigenvalue weighted by Gasteiger charge is -2.26. The van der Waals surface area contributed by atoms with E-state index in [-0.39, 0.29) is 29.7 Å². The molecule has 1 aromatic heterocycles. The smallest absolute Gasteiger partial charge is 0.251 e. The molecule has 0 aliphatic carbocycles. The maximum atomic E-state index is 12.3. The van der Waals surface area contributed by atoms with E-state index in [1.165, 1.54) is 18.4 Å². The van der Waals surface area contributed by atoms with Crippen LogP contribution in [0.5, 0.6) is 0 Å². The van der Waals surface area contributed by atoms with E-state index >= 15 is 0 Å². The molecular weight excluding hydrogens is 378 g/mol. The fraction of sp³-hybridized carbons (Fsp3) is 0.500. The molecule has 0 spiro atoms. The third-order valence-electron chi connectivity index (χ3n) is 5.60. The van der Waals surface area contributed by atoms with Gasteiger partial charge in [-0.25, -0.2) is 0 Å². The topological polar surface area (TPSA) is 74.6 Å². The first-order valence-electron chi connectivity index (χ1n) is 10.8. The zero-order chi connectivity index (χ0) is 21.6. The summed E-state index contributed by atoms with van der Waals surface area (Å²) < 4.78 is 5.58. The van der Waals surface area contributed by atoms with Crippen LogP contribution in [0.1, 0.15) is 67.8 Å². The van der Waals surface area contributed by atoms with E-state index in [1.807, 2.05) is 36.4 Å². The Hall–Kier alpha value is -2.60. The van der Waals surface area contributed by atoms with E-state index in [9.17, 15) is 9.59 Å². The molecule has 6 heteroatoms. The highest BCUT2D eigenvalue weighted by Crippen LogP contribution is 2.25. The van der Waals surface area contributed by atoms with Gasteiger partial charge in [-0.2, -0.15) is 0 Å². The third-order valence-corrected chi connectivity index (χ3v) is 5.60. The number of amides is 2. The summed E-state index contributed by atoms with van der Waals surface area (Å²) in [6, 6.07) is 11.5. The van der Waals surface area contributed by atoms with Crippen LogP contribution in [0.4, 0.5) is 0 Å². The Morgan fingerprint density at radius 3 is 2.37 bits per heavy atom. The molecule has 1 aliphatic rings. The summed E-state index contributed by atoms with van der Waals surface area (Å²) >= 11 is 0. The SMILES string of the molecule is CC(C)(C)c1ccc(C(=O)NCCC(=O)NC[C@H](c2ccco2)N2CCCC2)cc1. The lowest BCUT2D eigenvalue weighted by atomic mass is 9.87. The van der Waals surface area contributed by atoms with Gasteiger partial charge in [-0.3, -0.25) is 14.5 Å². The van der Waals surface area contributed by atoms with Crippen LogP contribution in [-0.4, -0.2) is 42.9 Å². The molecule has 2 N–H and O–H groups in total. The van der Waals surface area contributed by atoms with Crippen LogP contribution >= 0.6 is 0 Å². The van der Waals surface area contributed by atoms with Gasteiger partial charge in [0, 0.05) is 25.1 Å². The molecule has 3 rings (SSSR count). The number of likely N-dealkylation sites (tertiary alicyclic amines) is 1. The van der Waals surface area contributed by atoms with Crippen molar-refractivity contribution in [1.82, 2.24) is 15.5 Å². The van der Waals surface area contributed by atoms with Gasteiger partial charge >= 0.3 is 0 Å². The summed E-state index contributed by atoms with van der Waals surface area (Å²) in [5, 5.41) is 5.82. The number of nitrogens with one attached hydrogen (secondary N) is 2. The second-order valence-electron chi connectivity index (χ2n) is 8.91. The Labute approximate surface area is 179 Å². The number of nitrogens with zero attached hydrogens (tertiary/aromatic N) is 1. The maximum Gasteiger partial charge on any atom is 0.251 e. The summed E-state index contributed by atoms with van der Waals surface area (Å²) in [6.45, 7) is 9.27. The highest BCUT2D eigenvalue weighted by Gasteiger charge is 2.25. The zero-order valence-electron chi connectivity index (χ0n) is 18.2. The summed E-state index contributed by atoms with van der Waals surface area (Å²) in [5.41, 5.74) is 1.84. The van der Waals surface area contributed by atoms with Crippen LogP contribution < -0.4 is 10.6 Å². The van der Waals surface area contributed by atoms with Crippen molar-refractivity contribution < 1.29 is 14.0 Å². The number of benzene rings is 1. The van der Waals surface area contributed by atoms with Crippen molar-refractivity contribution in [3.63, 3.8) is 0 Å². The van der Waals surface area contributed by atoms with Crippen LogP contribution in [0.2, 0.25) is 0 Å². The van der Waals surface area contributed by atoms with E-state index in [4.69, 9.17) is 4.42 Å². The fourth-order valence-electron chi connectivity index (χ4n) is 3.76. The molecule has 2 heterocycles. The van der Waals surface area contributed by atoms with E-state index in [2.05, 4.69) is 36.3 Å². The normalized spacial score (nSPS) is 15.7. The Kier molecular flexibility index (Phi) is 7.32. The molecule has 0 radical (unpaired) electrons. The second kappa shape index (κ2) is 9.94. The molecule has 1 aromatic carbocycles. The highest BCUT2D eigenvalue weighted by molar-refractivity contribution is 5.94. The van der Waals surface area contributed by atoms with Crippen molar-refractivity contribution in [2.75, 3.05) is 26.2 Å². The van der Waals surface area contributed by atoms with Crippen molar-refractivity contribution >= 4 is 11.8 Å². The Morgan fingerprint density at radius 2 is 1.77 bits per heavy atom. The van der Waals surface area contributed by atoms with E-state index in [1.54, 1.807) is 6.26 Å². The van der Waals surface area contributed by atoms with Gasteiger partial charge in [0.2, 0.25) is 5.91 Å². The van der Waals surface area contributed by atoms with Crippen LogP contribution in [0.3, 0.4) is 0 Å². The largest absolute Gasteiger partial charge is 0.468 e. The Balaban J connectivity index is 1.43. The first-order chi connectivity index (χ1) is 14.3. The van der Waals surface area contributed by atoms with Crippen molar-refractivity contribution in [3.8, 4) is 0 Å². The zero-order valence-corrected chi connectivity index (χ0v) is 18.2. The van der Waals surface area contributed by atoms with Gasteiger partial charge in [0.05, 0.1) is 12.3 Å². The molecule has 0 saturated carbocycles. The number of hydrogen-bond acceptors (Lipinski definition) is 4. The number of rotatable bonds is 8. The molecule has 0 unspecified atom stereocenters. The number of hydrogen-bond donors (Lipinski definition) is 2. The number of furan rings is 1. The molecule has 162 valence electrons. The predicted octanol–water partition coefficient (Wildman–Crippen LogP) is 3.65. The van der Waals surface area contributed by atoms with Crippen LogP contribution in [-0.2, 0) is 10.2 Å². The molecule has 1 fully saturated rings.